The van der Waals surface area contributed by atoms with E-state index >= 15 is 0 Å². The minimum atomic E-state index is -2.40. The van der Waals surface area contributed by atoms with Gasteiger partial charge in [0.15, 0.2) is 18.7 Å². The van der Waals surface area contributed by atoms with E-state index in [1.807, 2.05) is 0 Å². The van der Waals surface area contributed by atoms with Crippen molar-refractivity contribution in [3.8, 4) is 23.0 Å². The molecule has 0 spiro atoms. The number of hydrogen-bond acceptors (Lipinski definition) is 15. The van der Waals surface area contributed by atoms with Crippen LogP contribution in [-0.2, 0) is 36.8 Å². The molecule has 15 heteroatoms. The molecular formula is C47H59NO14. The maximum atomic E-state index is 14.1. The quantitative estimate of drug-likeness (QED) is 0.0394. The van der Waals surface area contributed by atoms with Crippen LogP contribution in [0.5, 0.6) is 23.0 Å². The molecule has 3 aromatic carbocycles. The summed E-state index contributed by atoms with van der Waals surface area (Å²) < 4.78 is 35.0. The number of unbranched alkanes of at least 4 members (excludes halogenated alkanes) is 6. The van der Waals surface area contributed by atoms with Gasteiger partial charge in [-0.2, -0.15) is 0 Å². The van der Waals surface area contributed by atoms with E-state index < -0.39 is 102 Å². The summed E-state index contributed by atoms with van der Waals surface area (Å²) in [5, 5.41) is 46.3. The van der Waals surface area contributed by atoms with E-state index in [4.69, 9.17) is 34.2 Å². The Morgan fingerprint density at radius 1 is 0.903 bits per heavy atom. The Kier molecular flexibility index (Phi) is 15.4. The molecule has 3 aromatic rings. The molecule has 0 bridgehead atoms. The number of hydrogen-bond donors (Lipinski definition) is 5. The SMILES string of the molecule is CCCCCCOCc1ccc(C(=O)OCC(=O)[C@]2(O)Cc3c(O)c4c(c(O)c3[C@@H](O[C@H]3C[C@H](N)[C@H](O)[C@H](C)O3)C2)C(=O)c2c(OC)cccc2C4=O)cc1OCCCCCC. The first-order valence-corrected chi connectivity index (χ1v) is 21.6. The predicted molar refractivity (Wildman–Crippen MR) is 225 cm³/mol. The van der Waals surface area contributed by atoms with Crippen LogP contribution in [0.4, 0.5) is 0 Å². The zero-order valence-electron chi connectivity index (χ0n) is 35.9. The summed E-state index contributed by atoms with van der Waals surface area (Å²) in [5.41, 5.74) is 3.03. The van der Waals surface area contributed by atoms with E-state index in [1.54, 1.807) is 25.1 Å². The maximum absolute atomic E-state index is 14.1. The zero-order chi connectivity index (χ0) is 44.7. The number of phenols is 2. The molecule has 1 saturated heterocycles. The van der Waals surface area contributed by atoms with Gasteiger partial charge in [0.05, 0.1) is 60.9 Å². The number of methoxy groups -OCH3 is 1. The number of ketones is 3. The van der Waals surface area contributed by atoms with Gasteiger partial charge < -0.3 is 54.6 Å². The molecule has 15 nitrogen and oxygen atoms in total. The first-order valence-electron chi connectivity index (χ1n) is 21.6. The smallest absolute Gasteiger partial charge is 0.338 e. The van der Waals surface area contributed by atoms with Crippen molar-refractivity contribution in [2.24, 2.45) is 5.73 Å². The van der Waals surface area contributed by atoms with Gasteiger partial charge in [-0.15, -0.1) is 0 Å². The van der Waals surface area contributed by atoms with Crippen molar-refractivity contribution in [1.29, 1.82) is 0 Å². The summed E-state index contributed by atoms with van der Waals surface area (Å²) >= 11 is 0. The second-order valence-corrected chi connectivity index (χ2v) is 16.4. The topological polar surface area (TPSA) is 231 Å². The number of esters is 1. The van der Waals surface area contributed by atoms with E-state index in [0.717, 1.165) is 56.9 Å². The van der Waals surface area contributed by atoms with Crippen molar-refractivity contribution in [3.63, 3.8) is 0 Å². The molecule has 336 valence electrons. The normalized spacial score (nSPS) is 23.0. The molecule has 0 aromatic heterocycles. The Bertz CT molecular complexity index is 2120. The average molecular weight is 862 g/mol. The second-order valence-electron chi connectivity index (χ2n) is 16.4. The van der Waals surface area contributed by atoms with Crippen LogP contribution >= 0.6 is 0 Å². The predicted octanol–water partition coefficient (Wildman–Crippen LogP) is 5.92. The third-order valence-electron chi connectivity index (χ3n) is 12.0. The fraction of sp³-hybridized carbons (Fsp3) is 0.532. The molecule has 1 heterocycles. The lowest BCUT2D eigenvalue weighted by Gasteiger charge is -2.42. The number of aromatic hydroxyl groups is 2. The molecule has 6 atom stereocenters. The Morgan fingerprint density at radius 3 is 2.31 bits per heavy atom. The fourth-order valence-corrected chi connectivity index (χ4v) is 8.41. The van der Waals surface area contributed by atoms with Crippen molar-refractivity contribution in [2.75, 3.05) is 26.9 Å². The Morgan fingerprint density at radius 2 is 1.61 bits per heavy atom. The number of carbonyl (C=O) groups is 4. The van der Waals surface area contributed by atoms with Crippen molar-refractivity contribution >= 4 is 23.3 Å². The van der Waals surface area contributed by atoms with Crippen LogP contribution in [0.25, 0.3) is 0 Å². The number of phenolic OH excluding ortho intramolecular Hbond substituents is 2. The lowest BCUT2D eigenvalue weighted by Crippen LogP contribution is -2.53. The molecule has 6 N–H and O–H groups in total. The van der Waals surface area contributed by atoms with Crippen molar-refractivity contribution in [2.45, 2.75) is 134 Å². The second kappa shape index (κ2) is 20.5. The van der Waals surface area contributed by atoms with Crippen molar-refractivity contribution in [3.05, 3.63) is 80.9 Å². The highest BCUT2D eigenvalue weighted by Gasteiger charge is 2.50. The molecule has 1 fully saturated rings. The van der Waals surface area contributed by atoms with Crippen LogP contribution in [0.15, 0.2) is 36.4 Å². The molecule has 62 heavy (non-hydrogen) atoms. The van der Waals surface area contributed by atoms with Gasteiger partial charge in [-0.1, -0.05) is 70.6 Å². The monoisotopic (exact) mass is 861 g/mol. The number of rotatable bonds is 20. The maximum Gasteiger partial charge on any atom is 0.338 e. The summed E-state index contributed by atoms with van der Waals surface area (Å²) in [6.07, 6.45) is 2.57. The van der Waals surface area contributed by atoms with Crippen LogP contribution in [0.1, 0.15) is 150 Å². The first-order chi connectivity index (χ1) is 29.7. The molecule has 3 aliphatic rings. The molecule has 6 rings (SSSR count). The van der Waals surface area contributed by atoms with Crippen LogP contribution in [0, 0.1) is 0 Å². The van der Waals surface area contributed by atoms with Gasteiger partial charge in [0.1, 0.15) is 28.6 Å². The highest BCUT2D eigenvalue weighted by atomic mass is 16.7. The summed E-state index contributed by atoms with van der Waals surface area (Å²) in [7, 11) is 1.32. The lowest BCUT2D eigenvalue weighted by atomic mass is 9.72. The van der Waals surface area contributed by atoms with Crippen LogP contribution < -0.4 is 15.2 Å². The minimum Gasteiger partial charge on any atom is -0.507 e. The van der Waals surface area contributed by atoms with Gasteiger partial charge >= 0.3 is 5.97 Å². The van der Waals surface area contributed by atoms with E-state index in [0.29, 0.717) is 19.0 Å². The fourth-order valence-electron chi connectivity index (χ4n) is 8.41. The molecule has 0 unspecified atom stereocenters. The number of carbonyl (C=O) groups excluding carboxylic acids is 4. The van der Waals surface area contributed by atoms with Gasteiger partial charge in [-0.25, -0.2) is 4.79 Å². The van der Waals surface area contributed by atoms with Gasteiger partial charge in [0.25, 0.3) is 0 Å². The number of benzene rings is 3. The van der Waals surface area contributed by atoms with Crippen LogP contribution in [0.3, 0.4) is 0 Å². The molecule has 0 amide bonds. The first kappa shape index (κ1) is 46.6. The highest BCUT2D eigenvalue weighted by Crippen LogP contribution is 2.52. The van der Waals surface area contributed by atoms with Gasteiger partial charge in [0.2, 0.25) is 11.6 Å². The van der Waals surface area contributed by atoms with E-state index in [1.165, 1.54) is 25.3 Å². The van der Waals surface area contributed by atoms with Gasteiger partial charge in [-0.05, 0) is 38.0 Å². The summed E-state index contributed by atoms with van der Waals surface area (Å²) in [6, 6.07) is 8.39. The lowest BCUT2D eigenvalue weighted by molar-refractivity contribution is -0.247. The molecule has 2 aliphatic carbocycles. The Labute approximate surface area is 361 Å². The van der Waals surface area contributed by atoms with E-state index in [2.05, 4.69) is 13.8 Å². The third kappa shape index (κ3) is 9.83. The number of aliphatic hydroxyl groups excluding tert-OH is 1. The van der Waals surface area contributed by atoms with E-state index in [9.17, 15) is 39.6 Å². The average Bonchev–Trinajstić information content (AvgIpc) is 3.25. The molecule has 0 saturated carbocycles. The largest absolute Gasteiger partial charge is 0.507 e. The Hall–Kier alpha value is -4.90. The van der Waals surface area contributed by atoms with Crippen molar-refractivity contribution < 1.29 is 68.0 Å². The number of ether oxygens (including phenoxy) is 6. The van der Waals surface area contributed by atoms with Crippen LogP contribution in [-0.4, -0.2) is 101 Å². The molecule has 0 radical (unpaired) electrons. The minimum absolute atomic E-state index is 0.0324. The summed E-state index contributed by atoms with van der Waals surface area (Å²) in [6.45, 7) is 6.24. The van der Waals surface area contributed by atoms with Gasteiger partial charge in [-0.3, -0.25) is 14.4 Å². The third-order valence-corrected chi connectivity index (χ3v) is 12.0. The standard InChI is InChI=1S/C47H59NO14/c1-5-7-9-11-18-58-24-28-17-16-27(20-33(28)59-19-12-10-8-6-2)46(55)60-25-35(49)47(56)22-30-38(34(23-47)62-36-21-31(48)41(50)26(3)61-36)45(54)40-39(43(30)52)42(51)29-14-13-15-32(57-4)37(29)44(40)53/h13-17,20,26,31,34,36,41,50,52,54,56H,5-12,18-19,21-25,48H2,1-4H3/t26-,31-,34-,36-,41+,47-/m0/s1. The van der Waals surface area contributed by atoms with Crippen molar-refractivity contribution in [1.82, 2.24) is 0 Å². The molecule has 1 aliphatic heterocycles. The highest BCUT2D eigenvalue weighted by molar-refractivity contribution is 6.31. The number of Topliss-reactive ketones (excluding diaryl/α,β-unsaturated/α-hetero) is 1. The summed E-state index contributed by atoms with van der Waals surface area (Å²) in [4.78, 5) is 55.6. The zero-order valence-corrected chi connectivity index (χ0v) is 35.9. The summed E-state index contributed by atoms with van der Waals surface area (Å²) in [5.74, 6) is -4.34. The Balaban J connectivity index is 1.27. The van der Waals surface area contributed by atoms with E-state index in [-0.39, 0.29) is 46.6 Å². The van der Waals surface area contributed by atoms with Crippen LogP contribution in [0.2, 0.25) is 0 Å². The molecular weight excluding hydrogens is 803 g/mol. The number of fused-ring (bicyclic) bond motifs is 3. The number of aliphatic hydroxyl groups is 2. The van der Waals surface area contributed by atoms with Gasteiger partial charge in [0, 0.05) is 54.2 Å². The number of nitrogens with two attached hydrogens (primary N) is 1.